The number of nitrogens with two attached hydrogens (primary N) is 1. The Balaban J connectivity index is 1.42. The van der Waals surface area contributed by atoms with Crippen molar-refractivity contribution in [3.63, 3.8) is 0 Å². The zero-order valence-electron chi connectivity index (χ0n) is 16.1. The number of piperidine rings is 2. The smallest absolute Gasteiger partial charge is 0.260 e. The minimum atomic E-state index is -0.782. The molecular formula is C19H31FN4O2S. The molecule has 27 heavy (non-hydrogen) atoms. The number of nitrogens with zero attached hydrogens (tertiary/aromatic N) is 3. The summed E-state index contributed by atoms with van der Waals surface area (Å²) >= 11 is 1.38. The molecular weight excluding hydrogens is 367 g/mol. The highest BCUT2D eigenvalue weighted by molar-refractivity contribution is 7.17. The lowest BCUT2D eigenvalue weighted by atomic mass is 9.94. The average molecular weight is 399 g/mol. The first-order valence-corrected chi connectivity index (χ1v) is 10.8. The lowest BCUT2D eigenvalue weighted by Gasteiger charge is -2.42. The van der Waals surface area contributed by atoms with Crippen LogP contribution in [-0.2, 0) is 4.74 Å². The molecule has 2 atom stereocenters. The highest BCUT2D eigenvalue weighted by Gasteiger charge is 2.29. The van der Waals surface area contributed by atoms with Gasteiger partial charge in [-0.3, -0.25) is 9.69 Å². The number of thiazole rings is 1. The van der Waals surface area contributed by atoms with Crippen LogP contribution in [0.2, 0.25) is 0 Å². The predicted molar refractivity (Wildman–Crippen MR) is 106 cm³/mol. The zero-order chi connectivity index (χ0) is 19.2. The number of primary amides is 1. The fourth-order valence-electron chi connectivity index (χ4n) is 4.01. The zero-order valence-corrected chi connectivity index (χ0v) is 16.9. The van der Waals surface area contributed by atoms with Gasteiger partial charge in [0.1, 0.15) is 4.88 Å². The van der Waals surface area contributed by atoms with Crippen molar-refractivity contribution in [1.82, 2.24) is 9.88 Å². The standard InChI is InChI=1S/C19H31FN4O2S/c1-14(20)6-10-26-13-15-3-2-7-24(12-15)16-4-8-23(9-5-16)19-22-11-17(27-19)18(21)25/h11,14-16H,2-10,12-13H2,1H3,(H2,21,25). The molecule has 2 aliphatic heterocycles. The van der Waals surface area contributed by atoms with Crippen LogP contribution in [0, 0.1) is 5.92 Å². The Bertz CT molecular complexity index is 604. The summed E-state index contributed by atoms with van der Waals surface area (Å²) in [4.78, 5) is 21.0. The van der Waals surface area contributed by atoms with E-state index in [-0.39, 0.29) is 0 Å². The van der Waals surface area contributed by atoms with Crippen molar-refractivity contribution in [1.29, 1.82) is 0 Å². The summed E-state index contributed by atoms with van der Waals surface area (Å²) in [7, 11) is 0. The Morgan fingerprint density at radius 2 is 2.19 bits per heavy atom. The van der Waals surface area contributed by atoms with Crippen molar-refractivity contribution in [2.45, 2.75) is 51.2 Å². The molecule has 1 aromatic rings. The molecule has 3 heterocycles. The highest BCUT2D eigenvalue weighted by Crippen LogP contribution is 2.28. The van der Waals surface area contributed by atoms with Crippen LogP contribution in [0.3, 0.4) is 0 Å². The second-order valence-electron chi connectivity index (χ2n) is 7.74. The van der Waals surface area contributed by atoms with Gasteiger partial charge in [-0.05, 0) is 45.1 Å². The largest absolute Gasteiger partial charge is 0.381 e. The van der Waals surface area contributed by atoms with E-state index in [1.54, 1.807) is 13.1 Å². The summed E-state index contributed by atoms with van der Waals surface area (Å²) in [5, 5.41) is 0.897. The van der Waals surface area contributed by atoms with E-state index >= 15 is 0 Å². The van der Waals surface area contributed by atoms with Crippen LogP contribution in [0.5, 0.6) is 0 Å². The Morgan fingerprint density at radius 3 is 2.85 bits per heavy atom. The molecule has 8 heteroatoms. The SMILES string of the molecule is CC(F)CCOCC1CCCN(C2CCN(c3ncc(C(N)=O)s3)CC2)C1. The second kappa shape index (κ2) is 9.80. The summed E-state index contributed by atoms with van der Waals surface area (Å²) in [5.41, 5.74) is 5.32. The van der Waals surface area contributed by atoms with Crippen molar-refractivity contribution in [2.24, 2.45) is 11.7 Å². The van der Waals surface area contributed by atoms with Gasteiger partial charge in [0.15, 0.2) is 5.13 Å². The number of carbonyl (C=O) groups is 1. The van der Waals surface area contributed by atoms with E-state index in [1.165, 1.54) is 24.2 Å². The van der Waals surface area contributed by atoms with E-state index in [2.05, 4.69) is 14.8 Å². The van der Waals surface area contributed by atoms with E-state index in [0.29, 0.717) is 29.9 Å². The van der Waals surface area contributed by atoms with Gasteiger partial charge in [-0.25, -0.2) is 9.37 Å². The van der Waals surface area contributed by atoms with Gasteiger partial charge in [-0.15, -0.1) is 0 Å². The summed E-state index contributed by atoms with van der Waals surface area (Å²) in [6, 6.07) is 0.602. The molecule has 2 fully saturated rings. The lowest BCUT2D eigenvalue weighted by Crippen LogP contribution is -2.49. The van der Waals surface area contributed by atoms with Crippen LogP contribution < -0.4 is 10.6 Å². The fraction of sp³-hybridized carbons (Fsp3) is 0.789. The normalized spacial score (nSPS) is 23.5. The molecule has 1 aromatic heterocycles. The van der Waals surface area contributed by atoms with E-state index in [1.807, 2.05) is 0 Å². The average Bonchev–Trinajstić information content (AvgIpc) is 3.16. The predicted octanol–water partition coefficient (Wildman–Crippen LogP) is 2.69. The number of hydrogen-bond donors (Lipinski definition) is 1. The molecule has 0 bridgehead atoms. The summed E-state index contributed by atoms with van der Waals surface area (Å²) < 4.78 is 18.5. The van der Waals surface area contributed by atoms with Gasteiger partial charge in [0.2, 0.25) is 0 Å². The third-order valence-corrected chi connectivity index (χ3v) is 6.62. The summed E-state index contributed by atoms with van der Waals surface area (Å²) in [5.74, 6) is 0.153. The van der Waals surface area contributed by atoms with E-state index in [4.69, 9.17) is 10.5 Å². The molecule has 0 saturated carbocycles. The molecule has 0 radical (unpaired) electrons. The van der Waals surface area contributed by atoms with Crippen molar-refractivity contribution in [3.05, 3.63) is 11.1 Å². The van der Waals surface area contributed by atoms with Gasteiger partial charge >= 0.3 is 0 Å². The van der Waals surface area contributed by atoms with Crippen molar-refractivity contribution >= 4 is 22.4 Å². The highest BCUT2D eigenvalue weighted by atomic mass is 32.1. The third kappa shape index (κ3) is 5.86. The summed E-state index contributed by atoms with van der Waals surface area (Å²) in [6.45, 7) is 7.01. The second-order valence-corrected chi connectivity index (χ2v) is 8.75. The minimum absolute atomic E-state index is 0.406. The van der Waals surface area contributed by atoms with Crippen molar-refractivity contribution in [3.8, 4) is 0 Å². The maximum atomic E-state index is 12.8. The number of alkyl halides is 1. The maximum absolute atomic E-state index is 12.8. The van der Waals surface area contributed by atoms with Gasteiger partial charge in [-0.2, -0.15) is 0 Å². The summed E-state index contributed by atoms with van der Waals surface area (Å²) in [6.07, 6.45) is 5.92. The van der Waals surface area contributed by atoms with E-state index in [9.17, 15) is 9.18 Å². The van der Waals surface area contributed by atoms with Crippen LogP contribution >= 0.6 is 11.3 Å². The molecule has 0 spiro atoms. The third-order valence-electron chi connectivity index (χ3n) is 5.55. The van der Waals surface area contributed by atoms with Crippen LogP contribution in [0.1, 0.15) is 48.7 Å². The van der Waals surface area contributed by atoms with Crippen molar-refractivity contribution in [2.75, 3.05) is 44.3 Å². The number of carbonyl (C=O) groups excluding carboxylic acids is 1. The molecule has 2 saturated heterocycles. The van der Waals surface area contributed by atoms with E-state index in [0.717, 1.165) is 50.8 Å². The van der Waals surface area contributed by atoms with Gasteiger partial charge in [0, 0.05) is 38.7 Å². The van der Waals surface area contributed by atoms with Gasteiger partial charge in [-0.1, -0.05) is 11.3 Å². The Hall–Kier alpha value is -1.25. The maximum Gasteiger partial charge on any atom is 0.260 e. The number of likely N-dealkylation sites (tertiary alicyclic amines) is 1. The number of rotatable bonds is 8. The molecule has 0 aliphatic carbocycles. The lowest BCUT2D eigenvalue weighted by molar-refractivity contribution is 0.0357. The monoisotopic (exact) mass is 398 g/mol. The Morgan fingerprint density at radius 1 is 1.41 bits per heavy atom. The molecule has 152 valence electrons. The molecule has 6 nitrogen and oxygen atoms in total. The number of halogens is 1. The number of amides is 1. The van der Waals surface area contributed by atoms with Crippen LogP contribution in [0.25, 0.3) is 0 Å². The Labute approximate surface area is 164 Å². The first-order valence-electron chi connectivity index (χ1n) is 9.99. The van der Waals surface area contributed by atoms with Crippen LogP contribution in [-0.4, -0.2) is 67.4 Å². The first kappa shape index (κ1) is 20.5. The molecule has 2 aliphatic rings. The van der Waals surface area contributed by atoms with E-state index < -0.39 is 12.1 Å². The van der Waals surface area contributed by atoms with Gasteiger partial charge < -0.3 is 15.4 Å². The van der Waals surface area contributed by atoms with Crippen molar-refractivity contribution < 1.29 is 13.9 Å². The molecule has 0 aromatic carbocycles. The van der Waals surface area contributed by atoms with Gasteiger partial charge in [0.25, 0.3) is 5.91 Å². The van der Waals surface area contributed by atoms with Crippen LogP contribution in [0.15, 0.2) is 6.20 Å². The minimum Gasteiger partial charge on any atom is -0.381 e. The van der Waals surface area contributed by atoms with Crippen LogP contribution in [0.4, 0.5) is 9.52 Å². The van der Waals surface area contributed by atoms with Gasteiger partial charge in [0.05, 0.1) is 19.0 Å². The fourth-order valence-corrected chi connectivity index (χ4v) is 4.83. The molecule has 2 unspecified atom stereocenters. The first-order chi connectivity index (χ1) is 13.0. The molecule has 3 rings (SSSR count). The quantitative estimate of drug-likeness (QED) is 0.682. The number of anilines is 1. The number of aromatic nitrogens is 1. The number of hydrogen-bond acceptors (Lipinski definition) is 6. The topological polar surface area (TPSA) is 71.7 Å². The molecule has 2 N–H and O–H groups in total. The number of ether oxygens (including phenoxy) is 1. The Kier molecular flexibility index (Phi) is 7.43. The molecule has 1 amide bonds.